The van der Waals surface area contributed by atoms with Gasteiger partial charge in [-0.15, -0.1) is 0 Å². The Morgan fingerprint density at radius 3 is 1.95 bits per heavy atom. The molecule has 0 saturated carbocycles. The Hall–Kier alpha value is -1.96. The number of nitrogens with two attached hydrogens (primary N) is 3. The summed E-state index contributed by atoms with van der Waals surface area (Å²) >= 11 is 4.13. The summed E-state index contributed by atoms with van der Waals surface area (Å²) in [5.41, 5.74) is 17.3. The maximum atomic E-state index is 12.9. The first kappa shape index (κ1) is 40.1. The van der Waals surface area contributed by atoms with Gasteiger partial charge in [0.05, 0.1) is 13.2 Å². The van der Waals surface area contributed by atoms with Crippen LogP contribution in [0.15, 0.2) is 17.1 Å². The normalized spacial score (nSPS) is 12.3. The van der Waals surface area contributed by atoms with E-state index in [4.69, 9.17) is 17.2 Å². The van der Waals surface area contributed by atoms with E-state index in [0.29, 0.717) is 58.9 Å². The average Bonchev–Trinajstić information content (AvgIpc) is 2.97. The Labute approximate surface area is 288 Å². The number of unbranched alkanes of at least 4 members (excludes halogenated alkanes) is 1. The van der Waals surface area contributed by atoms with Crippen LogP contribution < -0.4 is 43.8 Å². The molecule has 13 nitrogen and oxygen atoms in total. The maximum Gasteiger partial charge on any atom is 0.242 e. The Morgan fingerprint density at radius 2 is 1.41 bits per heavy atom. The monoisotopic (exact) mass is 843 g/mol. The maximum absolute atomic E-state index is 12.9. The van der Waals surface area contributed by atoms with Crippen LogP contribution in [0.1, 0.15) is 63.9 Å². The Morgan fingerprint density at radius 1 is 0.864 bits per heavy atom. The predicted octanol–water partition coefficient (Wildman–Crippen LogP) is 0.782. The summed E-state index contributed by atoms with van der Waals surface area (Å²) in [7, 11) is 0. The van der Waals surface area contributed by atoms with Gasteiger partial charge >= 0.3 is 0 Å². The van der Waals surface area contributed by atoms with E-state index in [-0.39, 0.29) is 29.4 Å². The van der Waals surface area contributed by atoms with Gasteiger partial charge in [-0.25, -0.2) is 0 Å². The summed E-state index contributed by atoms with van der Waals surface area (Å²) < 4.78 is 1.42. The van der Waals surface area contributed by atoms with Crippen LogP contribution in [0.5, 0.6) is 5.75 Å². The van der Waals surface area contributed by atoms with Crippen molar-refractivity contribution in [3.05, 3.63) is 24.8 Å². The number of aromatic hydroxyl groups is 1. The molecule has 250 valence electrons. The fourth-order valence-corrected chi connectivity index (χ4v) is 6.08. The number of nitrogens with zero attached hydrogens (tertiary/aromatic N) is 1. The quantitative estimate of drug-likeness (QED) is 0.0310. The first-order valence-corrected chi connectivity index (χ1v) is 17.4. The number of phenols is 1. The van der Waals surface area contributed by atoms with Crippen molar-refractivity contribution in [1.29, 1.82) is 0 Å². The molecular weight excluding hydrogens is 792 g/mol. The number of nitrogens with one attached hydrogen (secondary N) is 5. The van der Waals surface area contributed by atoms with Crippen molar-refractivity contribution in [3.63, 3.8) is 0 Å². The molecule has 0 fully saturated rings. The first-order chi connectivity index (χ1) is 21.0. The number of carbonyl (C=O) groups excluding carboxylic acids is 3. The second-order valence-corrected chi connectivity index (χ2v) is 12.9. The molecule has 0 heterocycles. The van der Waals surface area contributed by atoms with E-state index in [2.05, 4.69) is 76.8 Å². The highest BCUT2D eigenvalue weighted by atomic mass is 127. The number of hydrogen-bond donors (Lipinski definition) is 9. The fraction of sp³-hybridized carbons (Fsp3) is 0.655. The average molecular weight is 844 g/mol. The van der Waals surface area contributed by atoms with Crippen molar-refractivity contribution in [2.45, 2.75) is 76.8 Å². The van der Waals surface area contributed by atoms with Crippen LogP contribution in [0, 0.1) is 7.14 Å². The lowest BCUT2D eigenvalue weighted by Crippen LogP contribution is -2.48. The molecule has 1 unspecified atom stereocenters. The van der Waals surface area contributed by atoms with E-state index in [0.717, 1.165) is 57.4 Å². The van der Waals surface area contributed by atoms with Crippen molar-refractivity contribution in [1.82, 2.24) is 26.6 Å². The Bertz CT molecular complexity index is 1020. The van der Waals surface area contributed by atoms with Crippen LogP contribution in [0.25, 0.3) is 0 Å². The van der Waals surface area contributed by atoms with Crippen molar-refractivity contribution >= 4 is 68.9 Å². The highest BCUT2D eigenvalue weighted by molar-refractivity contribution is 14.1. The smallest absolute Gasteiger partial charge is 0.242 e. The van der Waals surface area contributed by atoms with E-state index >= 15 is 0 Å². The molecule has 1 rings (SSSR count). The zero-order valence-corrected chi connectivity index (χ0v) is 30.0. The predicted molar refractivity (Wildman–Crippen MR) is 192 cm³/mol. The van der Waals surface area contributed by atoms with Crippen LogP contribution in [0.2, 0.25) is 0 Å². The van der Waals surface area contributed by atoms with Gasteiger partial charge in [-0.05, 0) is 134 Å². The number of carbonyl (C=O) groups is 3. The van der Waals surface area contributed by atoms with Crippen LogP contribution in [0.3, 0.4) is 0 Å². The Balaban J connectivity index is 2.14. The highest BCUT2D eigenvalue weighted by Gasteiger charge is 2.21. The molecule has 0 aliphatic carbocycles. The highest BCUT2D eigenvalue weighted by Crippen LogP contribution is 2.27. The van der Waals surface area contributed by atoms with Crippen molar-refractivity contribution in [2.24, 2.45) is 22.2 Å². The third-order valence-electron chi connectivity index (χ3n) is 6.57. The molecule has 0 aliphatic heterocycles. The second-order valence-electron chi connectivity index (χ2n) is 10.5. The topological polar surface area (TPSA) is 222 Å². The number of hydrogen-bond acceptors (Lipinski definition) is 8. The number of guanidine groups is 1. The SMILES string of the molecule is CCCC(=O)N[C@@H](Cc1cc(I)c(O)c(I)c1)C(=O)NCCCNCCCCNCCCNC(=O)C(N)CCCN=C(N)N. The van der Waals surface area contributed by atoms with Crippen molar-refractivity contribution in [3.8, 4) is 5.75 Å². The fourth-order valence-electron chi connectivity index (χ4n) is 4.18. The number of aliphatic imine (C=N–C) groups is 1. The molecule has 0 bridgehead atoms. The number of rotatable bonds is 24. The van der Waals surface area contributed by atoms with Crippen LogP contribution in [0.4, 0.5) is 0 Å². The molecule has 1 aromatic carbocycles. The number of benzene rings is 1. The summed E-state index contributed by atoms with van der Waals surface area (Å²) in [5, 5.41) is 25.5. The van der Waals surface area contributed by atoms with Gasteiger partial charge in [0.15, 0.2) is 5.96 Å². The van der Waals surface area contributed by atoms with Crippen molar-refractivity contribution in [2.75, 3.05) is 45.8 Å². The minimum atomic E-state index is -0.674. The molecule has 2 atom stereocenters. The number of halogens is 2. The zero-order valence-electron chi connectivity index (χ0n) is 25.7. The van der Waals surface area contributed by atoms with E-state index < -0.39 is 12.1 Å². The van der Waals surface area contributed by atoms with Gasteiger partial charge in [0.2, 0.25) is 17.7 Å². The third kappa shape index (κ3) is 18.8. The summed E-state index contributed by atoms with van der Waals surface area (Å²) in [6, 6.07) is 2.44. The molecule has 3 amide bonds. The number of amides is 3. The zero-order chi connectivity index (χ0) is 32.7. The van der Waals surface area contributed by atoms with Crippen LogP contribution >= 0.6 is 45.2 Å². The standard InChI is InChI=1S/C29H51I2N9O4/c1-2-8-25(41)40-24(19-20-17-21(30)26(42)22(31)18-20)28(44)38-16-7-13-36-11-4-3-10-35-12-6-15-37-27(43)23(32)9-5-14-39-29(33)34/h17-18,23-24,35-36,42H,2-16,19,32H2,1H3,(H,37,43)(H,38,44)(H,40,41)(H4,33,34,39)/t23?,24-/m0/s1. The molecular formula is C29H51I2N9O4. The Kier molecular flexibility index (Phi) is 22.1. The van der Waals surface area contributed by atoms with Crippen LogP contribution in [-0.2, 0) is 20.8 Å². The summed E-state index contributed by atoms with van der Waals surface area (Å²) in [6.07, 6.45) is 6.28. The van der Waals surface area contributed by atoms with Crippen LogP contribution in [-0.4, -0.2) is 86.7 Å². The molecule has 0 aromatic heterocycles. The molecule has 1 aromatic rings. The molecule has 12 N–H and O–H groups in total. The van der Waals surface area contributed by atoms with E-state index in [1.54, 1.807) is 0 Å². The van der Waals surface area contributed by atoms with E-state index in [9.17, 15) is 19.5 Å². The van der Waals surface area contributed by atoms with Gasteiger partial charge in [-0.3, -0.25) is 19.4 Å². The first-order valence-electron chi connectivity index (χ1n) is 15.3. The van der Waals surface area contributed by atoms with Gasteiger partial charge in [-0.1, -0.05) is 6.92 Å². The summed E-state index contributed by atoms with van der Waals surface area (Å²) in [6.45, 7) is 6.87. The van der Waals surface area contributed by atoms with Crippen molar-refractivity contribution < 1.29 is 19.5 Å². The van der Waals surface area contributed by atoms with E-state index in [1.807, 2.05) is 19.1 Å². The molecule has 15 heteroatoms. The molecule has 0 saturated heterocycles. The molecule has 0 spiro atoms. The van der Waals surface area contributed by atoms with Gasteiger partial charge < -0.3 is 48.9 Å². The third-order valence-corrected chi connectivity index (χ3v) is 8.21. The van der Waals surface area contributed by atoms with Gasteiger partial charge in [0, 0.05) is 32.5 Å². The number of phenolic OH excluding ortho intramolecular Hbond substituents is 1. The molecule has 0 aliphatic rings. The van der Waals surface area contributed by atoms with Gasteiger partial charge in [0.1, 0.15) is 11.8 Å². The van der Waals surface area contributed by atoms with Gasteiger partial charge in [-0.2, -0.15) is 0 Å². The lowest BCUT2D eigenvalue weighted by Gasteiger charge is -2.19. The summed E-state index contributed by atoms with van der Waals surface area (Å²) in [5.74, 6) is -0.243. The summed E-state index contributed by atoms with van der Waals surface area (Å²) in [4.78, 5) is 41.0. The van der Waals surface area contributed by atoms with Gasteiger partial charge in [0.25, 0.3) is 0 Å². The largest absolute Gasteiger partial charge is 0.506 e. The minimum absolute atomic E-state index is 0.0410. The minimum Gasteiger partial charge on any atom is -0.506 e. The lowest BCUT2D eigenvalue weighted by atomic mass is 10.0. The second kappa shape index (κ2) is 24.3. The lowest BCUT2D eigenvalue weighted by molar-refractivity contribution is -0.129. The molecule has 0 radical (unpaired) electrons. The molecule has 44 heavy (non-hydrogen) atoms. The van der Waals surface area contributed by atoms with E-state index in [1.165, 1.54) is 0 Å².